The number of pyridine rings is 1. The molecule has 94 valence electrons. The number of carbonyl (C=O) groups excluding carboxylic acids is 1. The number of carbonyl (C=O) groups is 1. The molecule has 0 radical (unpaired) electrons. The van der Waals surface area contributed by atoms with E-state index in [0.29, 0.717) is 18.8 Å². The van der Waals surface area contributed by atoms with Gasteiger partial charge < -0.3 is 4.42 Å². The number of rotatable bonds is 6. The molecule has 4 heteroatoms. The van der Waals surface area contributed by atoms with E-state index in [1.54, 1.807) is 18.3 Å². The Bertz CT molecular complexity index is 480. The zero-order valence-corrected chi connectivity index (χ0v) is 10.4. The normalized spacial score (nSPS) is 10.8. The summed E-state index contributed by atoms with van der Waals surface area (Å²) in [5.74, 6) is 0.409. The Morgan fingerprint density at radius 3 is 2.83 bits per heavy atom. The molecule has 0 amide bonds. The Balaban J connectivity index is 1.96. The Morgan fingerprint density at radius 1 is 1.33 bits per heavy atom. The average molecular weight is 244 g/mol. The van der Waals surface area contributed by atoms with Gasteiger partial charge in [0.15, 0.2) is 5.76 Å². The number of Topliss-reactive ketones (excluding diaryl/α,β-unsaturated/α-hetero) is 1. The standard InChI is InChI=1S/C14H16N2O2/c1-2-16(10-12-6-3-4-8-15-12)11-13(17)14-7-5-9-18-14/h3-9H,2,10-11H2,1H3. The van der Waals surface area contributed by atoms with Crippen LogP contribution in [-0.4, -0.2) is 28.8 Å². The van der Waals surface area contributed by atoms with Gasteiger partial charge in [0.25, 0.3) is 0 Å². The molecule has 0 aliphatic rings. The molecule has 0 aromatic carbocycles. The van der Waals surface area contributed by atoms with Gasteiger partial charge in [-0.05, 0) is 30.8 Å². The lowest BCUT2D eigenvalue weighted by Crippen LogP contribution is -2.29. The summed E-state index contributed by atoms with van der Waals surface area (Å²) in [6.45, 7) is 3.84. The molecule has 4 nitrogen and oxygen atoms in total. The minimum atomic E-state index is -0.00205. The minimum Gasteiger partial charge on any atom is -0.461 e. The second kappa shape index (κ2) is 6.12. The van der Waals surface area contributed by atoms with Gasteiger partial charge in [-0.2, -0.15) is 0 Å². The van der Waals surface area contributed by atoms with E-state index in [4.69, 9.17) is 4.42 Å². The first kappa shape index (κ1) is 12.5. The highest BCUT2D eigenvalue weighted by molar-refractivity contribution is 5.94. The zero-order chi connectivity index (χ0) is 12.8. The van der Waals surface area contributed by atoms with Crippen LogP contribution in [0.4, 0.5) is 0 Å². The second-order valence-corrected chi connectivity index (χ2v) is 4.02. The van der Waals surface area contributed by atoms with E-state index in [0.717, 1.165) is 12.2 Å². The van der Waals surface area contributed by atoms with Crippen LogP contribution in [0.3, 0.4) is 0 Å². The van der Waals surface area contributed by atoms with Crippen molar-refractivity contribution in [2.24, 2.45) is 0 Å². The summed E-state index contributed by atoms with van der Waals surface area (Å²) in [6.07, 6.45) is 3.28. The number of nitrogens with zero attached hydrogens (tertiary/aromatic N) is 2. The van der Waals surface area contributed by atoms with Gasteiger partial charge in [-0.25, -0.2) is 0 Å². The fraction of sp³-hybridized carbons (Fsp3) is 0.286. The third-order valence-corrected chi connectivity index (χ3v) is 2.72. The van der Waals surface area contributed by atoms with Crippen LogP contribution in [-0.2, 0) is 6.54 Å². The fourth-order valence-electron chi connectivity index (χ4n) is 1.72. The van der Waals surface area contributed by atoms with Gasteiger partial charge >= 0.3 is 0 Å². The summed E-state index contributed by atoms with van der Waals surface area (Å²) in [6, 6.07) is 9.21. The van der Waals surface area contributed by atoms with Gasteiger partial charge in [0.05, 0.1) is 18.5 Å². The van der Waals surface area contributed by atoms with E-state index < -0.39 is 0 Å². The summed E-state index contributed by atoms with van der Waals surface area (Å²) in [5.41, 5.74) is 0.964. The number of hydrogen-bond donors (Lipinski definition) is 0. The third-order valence-electron chi connectivity index (χ3n) is 2.72. The van der Waals surface area contributed by atoms with Gasteiger partial charge in [0, 0.05) is 12.7 Å². The SMILES string of the molecule is CCN(CC(=O)c1ccco1)Cc1ccccn1. The molecule has 2 rings (SSSR count). The number of ketones is 1. The first-order valence-electron chi connectivity index (χ1n) is 5.98. The highest BCUT2D eigenvalue weighted by Gasteiger charge is 2.13. The quantitative estimate of drug-likeness (QED) is 0.732. The average Bonchev–Trinajstić information content (AvgIpc) is 2.93. The van der Waals surface area contributed by atoms with E-state index in [1.165, 1.54) is 6.26 Å². The minimum absolute atomic E-state index is 0.00205. The summed E-state index contributed by atoms with van der Waals surface area (Å²) in [7, 11) is 0. The van der Waals surface area contributed by atoms with E-state index in [2.05, 4.69) is 4.98 Å². The van der Waals surface area contributed by atoms with E-state index in [-0.39, 0.29) is 5.78 Å². The molecule has 0 atom stereocenters. The monoisotopic (exact) mass is 244 g/mol. The van der Waals surface area contributed by atoms with Crippen molar-refractivity contribution >= 4 is 5.78 Å². The van der Waals surface area contributed by atoms with E-state index in [9.17, 15) is 4.79 Å². The molecule has 0 saturated carbocycles. The smallest absolute Gasteiger partial charge is 0.211 e. The van der Waals surface area contributed by atoms with Gasteiger partial charge in [-0.3, -0.25) is 14.7 Å². The predicted octanol–water partition coefficient (Wildman–Crippen LogP) is 2.38. The molecule has 2 aromatic rings. The van der Waals surface area contributed by atoms with Crippen LogP contribution in [0.1, 0.15) is 23.2 Å². The first-order valence-corrected chi connectivity index (χ1v) is 5.98. The van der Waals surface area contributed by atoms with Crippen LogP contribution in [0.2, 0.25) is 0 Å². The number of furan rings is 1. The molecular formula is C14H16N2O2. The van der Waals surface area contributed by atoms with Crippen LogP contribution in [0.25, 0.3) is 0 Å². The molecule has 0 spiro atoms. The third kappa shape index (κ3) is 3.28. The maximum absolute atomic E-state index is 11.9. The molecule has 0 bridgehead atoms. The maximum atomic E-state index is 11.9. The molecule has 18 heavy (non-hydrogen) atoms. The van der Waals surface area contributed by atoms with Gasteiger partial charge in [-0.15, -0.1) is 0 Å². The van der Waals surface area contributed by atoms with Crippen molar-refractivity contribution in [2.45, 2.75) is 13.5 Å². The molecule has 2 heterocycles. The molecule has 0 saturated heterocycles. The lowest BCUT2D eigenvalue weighted by molar-refractivity contribution is 0.0901. The lowest BCUT2D eigenvalue weighted by atomic mass is 10.2. The van der Waals surface area contributed by atoms with Crippen molar-refractivity contribution in [3.05, 3.63) is 54.2 Å². The molecule has 0 N–H and O–H groups in total. The fourth-order valence-corrected chi connectivity index (χ4v) is 1.72. The Morgan fingerprint density at radius 2 is 2.22 bits per heavy atom. The van der Waals surface area contributed by atoms with Crippen molar-refractivity contribution < 1.29 is 9.21 Å². The number of aromatic nitrogens is 1. The van der Waals surface area contributed by atoms with Crippen LogP contribution in [0, 0.1) is 0 Å². The van der Waals surface area contributed by atoms with Crippen LogP contribution in [0.5, 0.6) is 0 Å². The van der Waals surface area contributed by atoms with Crippen molar-refractivity contribution in [1.82, 2.24) is 9.88 Å². The maximum Gasteiger partial charge on any atom is 0.211 e. The summed E-state index contributed by atoms with van der Waals surface area (Å²) in [5, 5.41) is 0. The Labute approximate surface area is 106 Å². The van der Waals surface area contributed by atoms with E-state index >= 15 is 0 Å². The Kier molecular flexibility index (Phi) is 4.25. The molecule has 0 aliphatic heterocycles. The largest absolute Gasteiger partial charge is 0.461 e. The summed E-state index contributed by atoms with van der Waals surface area (Å²) < 4.78 is 5.10. The van der Waals surface area contributed by atoms with Crippen molar-refractivity contribution in [3.8, 4) is 0 Å². The number of hydrogen-bond acceptors (Lipinski definition) is 4. The lowest BCUT2D eigenvalue weighted by Gasteiger charge is -2.18. The highest BCUT2D eigenvalue weighted by atomic mass is 16.3. The molecule has 0 aliphatic carbocycles. The van der Waals surface area contributed by atoms with Crippen molar-refractivity contribution in [1.29, 1.82) is 0 Å². The topological polar surface area (TPSA) is 46.3 Å². The molecular weight excluding hydrogens is 228 g/mol. The summed E-state index contributed by atoms with van der Waals surface area (Å²) >= 11 is 0. The first-order chi connectivity index (χ1) is 8.79. The molecule has 0 fully saturated rings. The molecule has 0 unspecified atom stereocenters. The predicted molar refractivity (Wildman–Crippen MR) is 68.2 cm³/mol. The summed E-state index contributed by atoms with van der Waals surface area (Å²) in [4.78, 5) is 18.2. The van der Waals surface area contributed by atoms with Crippen LogP contribution >= 0.6 is 0 Å². The zero-order valence-electron chi connectivity index (χ0n) is 10.4. The Hall–Kier alpha value is -1.94. The highest BCUT2D eigenvalue weighted by Crippen LogP contribution is 2.06. The van der Waals surface area contributed by atoms with Crippen molar-refractivity contribution in [2.75, 3.05) is 13.1 Å². The van der Waals surface area contributed by atoms with Gasteiger partial charge in [0.2, 0.25) is 5.78 Å². The van der Waals surface area contributed by atoms with Gasteiger partial charge in [-0.1, -0.05) is 13.0 Å². The van der Waals surface area contributed by atoms with Crippen LogP contribution < -0.4 is 0 Å². The van der Waals surface area contributed by atoms with E-state index in [1.807, 2.05) is 30.0 Å². The second-order valence-electron chi connectivity index (χ2n) is 4.02. The number of likely N-dealkylation sites (N-methyl/N-ethyl adjacent to an activating group) is 1. The van der Waals surface area contributed by atoms with Gasteiger partial charge in [0.1, 0.15) is 0 Å². The van der Waals surface area contributed by atoms with Crippen LogP contribution in [0.15, 0.2) is 47.2 Å². The molecule has 2 aromatic heterocycles. The van der Waals surface area contributed by atoms with Crippen molar-refractivity contribution in [3.63, 3.8) is 0 Å².